The van der Waals surface area contributed by atoms with Gasteiger partial charge in [-0.1, -0.05) is 28.1 Å². The molecule has 0 aliphatic carbocycles. The molecule has 0 amide bonds. The number of hydrogen-bond donors (Lipinski definition) is 1. The lowest BCUT2D eigenvalue weighted by Crippen LogP contribution is -2.03. The van der Waals surface area contributed by atoms with E-state index in [0.29, 0.717) is 6.54 Å². The smallest absolute Gasteiger partial charge is 0.168 e. The van der Waals surface area contributed by atoms with Gasteiger partial charge in [-0.2, -0.15) is 0 Å². The van der Waals surface area contributed by atoms with Crippen LogP contribution in [0.3, 0.4) is 0 Å². The summed E-state index contributed by atoms with van der Waals surface area (Å²) in [6, 6.07) is 8.39. The van der Waals surface area contributed by atoms with Gasteiger partial charge in [0.2, 0.25) is 0 Å². The molecular formula is C12H9BrF2N2. The van der Waals surface area contributed by atoms with Crippen molar-refractivity contribution < 1.29 is 8.78 Å². The molecule has 0 saturated carbocycles. The molecule has 0 spiro atoms. The normalized spacial score (nSPS) is 10.3. The van der Waals surface area contributed by atoms with Crippen LogP contribution in [0.2, 0.25) is 0 Å². The molecule has 2 nitrogen and oxygen atoms in total. The van der Waals surface area contributed by atoms with Crippen molar-refractivity contribution in [2.75, 3.05) is 5.32 Å². The summed E-state index contributed by atoms with van der Waals surface area (Å²) in [7, 11) is 0. The molecule has 5 heteroatoms. The van der Waals surface area contributed by atoms with Crippen LogP contribution in [0.5, 0.6) is 0 Å². The highest BCUT2D eigenvalue weighted by atomic mass is 79.9. The first-order valence-corrected chi connectivity index (χ1v) is 5.74. The minimum atomic E-state index is -0.692. The maximum absolute atomic E-state index is 13.2. The molecule has 0 atom stereocenters. The van der Waals surface area contributed by atoms with Gasteiger partial charge in [0.1, 0.15) is 5.82 Å². The molecule has 1 aromatic heterocycles. The van der Waals surface area contributed by atoms with Crippen molar-refractivity contribution in [3.8, 4) is 0 Å². The van der Waals surface area contributed by atoms with E-state index in [9.17, 15) is 8.78 Å². The van der Waals surface area contributed by atoms with Crippen molar-refractivity contribution in [3.63, 3.8) is 0 Å². The summed E-state index contributed by atoms with van der Waals surface area (Å²) < 4.78 is 26.8. The quantitative estimate of drug-likeness (QED) is 0.934. The zero-order chi connectivity index (χ0) is 12.3. The molecule has 1 N–H and O–H groups in total. The van der Waals surface area contributed by atoms with Gasteiger partial charge in [-0.15, -0.1) is 0 Å². The van der Waals surface area contributed by atoms with Crippen LogP contribution < -0.4 is 5.32 Å². The van der Waals surface area contributed by atoms with E-state index in [4.69, 9.17) is 0 Å². The van der Waals surface area contributed by atoms with E-state index in [-0.39, 0.29) is 5.82 Å². The summed E-state index contributed by atoms with van der Waals surface area (Å²) in [5.41, 5.74) is 0.985. The van der Waals surface area contributed by atoms with Crippen molar-refractivity contribution in [3.05, 3.63) is 58.2 Å². The summed E-state index contributed by atoms with van der Waals surface area (Å²) >= 11 is 3.33. The van der Waals surface area contributed by atoms with Crippen LogP contribution >= 0.6 is 15.9 Å². The number of anilines is 1. The second-order valence-electron chi connectivity index (χ2n) is 3.46. The van der Waals surface area contributed by atoms with Gasteiger partial charge in [-0.3, -0.25) is 0 Å². The van der Waals surface area contributed by atoms with Crippen LogP contribution in [0.15, 0.2) is 41.0 Å². The Balaban J connectivity index is 2.04. The number of aromatic nitrogens is 1. The number of hydrogen-bond acceptors (Lipinski definition) is 2. The number of nitrogens with one attached hydrogen (secondary N) is 1. The first-order chi connectivity index (χ1) is 8.15. The minimum absolute atomic E-state index is 0.0503. The van der Waals surface area contributed by atoms with E-state index in [2.05, 4.69) is 26.2 Å². The summed E-state index contributed by atoms with van der Waals surface area (Å²) in [5.74, 6) is -1.33. The lowest BCUT2D eigenvalue weighted by atomic mass is 10.2. The van der Waals surface area contributed by atoms with Gasteiger partial charge in [0.25, 0.3) is 0 Å². The number of rotatable bonds is 3. The summed E-state index contributed by atoms with van der Waals surface area (Å²) in [6.07, 6.45) is 0.979. The van der Waals surface area contributed by atoms with Crippen LogP contribution in [-0.2, 0) is 6.54 Å². The summed E-state index contributed by atoms with van der Waals surface area (Å²) in [5, 5.41) is 2.81. The van der Waals surface area contributed by atoms with Crippen LogP contribution in [0.25, 0.3) is 0 Å². The van der Waals surface area contributed by atoms with Gasteiger partial charge >= 0.3 is 0 Å². The molecule has 0 aliphatic heterocycles. The van der Waals surface area contributed by atoms with Crippen molar-refractivity contribution >= 4 is 21.7 Å². The standard InChI is InChI=1S/C12H9BrF2N2/c13-9-3-1-8(2-4-9)6-16-12-11(15)5-10(14)7-17-12/h1-5,7H,6H2,(H,16,17). The SMILES string of the molecule is Fc1cnc(NCc2ccc(Br)cc2)c(F)c1. The Morgan fingerprint density at radius 3 is 2.53 bits per heavy atom. The molecule has 0 fully saturated rings. The van der Waals surface area contributed by atoms with Crippen LogP contribution in [0.1, 0.15) is 5.56 Å². The van der Waals surface area contributed by atoms with Crippen LogP contribution in [0, 0.1) is 11.6 Å². The Bertz CT molecular complexity index is 514. The van der Waals surface area contributed by atoms with Crippen molar-refractivity contribution in [2.24, 2.45) is 0 Å². The number of benzene rings is 1. The lowest BCUT2D eigenvalue weighted by Gasteiger charge is -2.06. The molecule has 0 unspecified atom stereocenters. The van der Waals surface area contributed by atoms with Gasteiger partial charge in [0, 0.05) is 17.1 Å². The van der Waals surface area contributed by atoms with Gasteiger partial charge in [-0.25, -0.2) is 13.8 Å². The fourth-order valence-corrected chi connectivity index (χ4v) is 1.60. The number of halogens is 3. The van der Waals surface area contributed by atoms with Crippen molar-refractivity contribution in [1.82, 2.24) is 4.98 Å². The lowest BCUT2D eigenvalue weighted by molar-refractivity contribution is 0.575. The maximum atomic E-state index is 13.2. The summed E-state index contributed by atoms with van der Waals surface area (Å²) in [4.78, 5) is 3.64. The Hall–Kier alpha value is -1.49. The molecule has 2 rings (SSSR count). The Labute approximate surface area is 106 Å². The highest BCUT2D eigenvalue weighted by Gasteiger charge is 2.04. The van der Waals surface area contributed by atoms with Crippen LogP contribution in [-0.4, -0.2) is 4.98 Å². The Morgan fingerprint density at radius 2 is 1.88 bits per heavy atom. The predicted molar refractivity (Wildman–Crippen MR) is 65.6 cm³/mol. The molecular weight excluding hydrogens is 290 g/mol. The molecule has 88 valence electrons. The second-order valence-corrected chi connectivity index (χ2v) is 4.38. The summed E-state index contributed by atoms with van der Waals surface area (Å²) in [6.45, 7) is 0.433. The van der Waals surface area contributed by atoms with Gasteiger partial charge in [0.15, 0.2) is 11.6 Å². The van der Waals surface area contributed by atoms with Gasteiger partial charge in [-0.05, 0) is 17.7 Å². The molecule has 0 aliphatic rings. The van der Waals surface area contributed by atoms with E-state index in [1.54, 1.807) is 0 Å². The molecule has 2 aromatic rings. The minimum Gasteiger partial charge on any atom is -0.364 e. The molecule has 0 radical (unpaired) electrons. The zero-order valence-electron chi connectivity index (χ0n) is 8.75. The topological polar surface area (TPSA) is 24.9 Å². The van der Waals surface area contributed by atoms with Crippen molar-refractivity contribution in [1.29, 1.82) is 0 Å². The zero-order valence-corrected chi connectivity index (χ0v) is 10.3. The van der Waals surface area contributed by atoms with E-state index in [0.717, 1.165) is 22.3 Å². The van der Waals surface area contributed by atoms with Crippen molar-refractivity contribution in [2.45, 2.75) is 6.54 Å². The first-order valence-electron chi connectivity index (χ1n) is 4.94. The molecule has 17 heavy (non-hydrogen) atoms. The molecule has 1 heterocycles. The molecule has 0 bridgehead atoms. The predicted octanol–water partition coefficient (Wildman–Crippen LogP) is 3.73. The monoisotopic (exact) mass is 298 g/mol. The van der Waals surface area contributed by atoms with E-state index >= 15 is 0 Å². The Kier molecular flexibility index (Phi) is 3.68. The van der Waals surface area contributed by atoms with Gasteiger partial charge < -0.3 is 5.32 Å². The van der Waals surface area contributed by atoms with E-state index in [1.807, 2.05) is 24.3 Å². The van der Waals surface area contributed by atoms with E-state index in [1.165, 1.54) is 0 Å². The third-order valence-corrected chi connectivity index (χ3v) is 2.71. The average molecular weight is 299 g/mol. The Morgan fingerprint density at radius 1 is 1.18 bits per heavy atom. The largest absolute Gasteiger partial charge is 0.364 e. The molecule has 1 aromatic carbocycles. The number of nitrogens with zero attached hydrogens (tertiary/aromatic N) is 1. The second kappa shape index (κ2) is 5.23. The third kappa shape index (κ3) is 3.23. The number of pyridine rings is 1. The fraction of sp³-hybridized carbons (Fsp3) is 0.0833. The highest BCUT2D eigenvalue weighted by molar-refractivity contribution is 9.10. The highest BCUT2D eigenvalue weighted by Crippen LogP contribution is 2.14. The fourth-order valence-electron chi connectivity index (χ4n) is 1.33. The van der Waals surface area contributed by atoms with Crippen LogP contribution in [0.4, 0.5) is 14.6 Å². The first kappa shape index (κ1) is 12.0. The van der Waals surface area contributed by atoms with Gasteiger partial charge in [0.05, 0.1) is 6.20 Å². The average Bonchev–Trinajstić information content (AvgIpc) is 2.30. The third-order valence-electron chi connectivity index (χ3n) is 2.18. The van der Waals surface area contributed by atoms with E-state index < -0.39 is 11.6 Å². The maximum Gasteiger partial charge on any atom is 0.168 e. The molecule has 0 saturated heterocycles.